The Morgan fingerprint density at radius 1 is 0.905 bits per heavy atom. The molecule has 0 aliphatic heterocycles. The fourth-order valence-corrected chi connectivity index (χ4v) is 3.36. The normalized spacial score (nSPS) is 11.3. The Morgan fingerprint density at radius 2 is 1.38 bits per heavy atom. The van der Waals surface area contributed by atoms with Crippen molar-refractivity contribution in [3.63, 3.8) is 0 Å². The Labute approximate surface area is 127 Å². The molecule has 0 aliphatic carbocycles. The lowest BCUT2D eigenvalue weighted by Crippen LogP contribution is -2.07. The van der Waals surface area contributed by atoms with Crippen LogP contribution < -0.4 is 0 Å². The van der Waals surface area contributed by atoms with Gasteiger partial charge in [-0.3, -0.25) is 0 Å². The number of rotatable bonds is 5. The maximum atomic E-state index is 12.3. The summed E-state index contributed by atoms with van der Waals surface area (Å²) in [6, 6.07) is 15.0. The van der Waals surface area contributed by atoms with Crippen LogP contribution in [0.1, 0.15) is 23.1 Å². The number of hydrogen-bond donors (Lipinski definition) is 0. The maximum absolute atomic E-state index is 12.3. The van der Waals surface area contributed by atoms with Gasteiger partial charge in [-0.05, 0) is 43.5 Å². The van der Waals surface area contributed by atoms with Crippen molar-refractivity contribution in [3.05, 3.63) is 71.8 Å². The van der Waals surface area contributed by atoms with Crippen LogP contribution in [0.2, 0.25) is 0 Å². The average Bonchev–Trinajstić information content (AvgIpc) is 2.46. The zero-order valence-corrected chi connectivity index (χ0v) is 13.3. The van der Waals surface area contributed by atoms with Crippen LogP contribution in [0.4, 0.5) is 0 Å². The minimum Gasteiger partial charge on any atom is -0.224 e. The van der Waals surface area contributed by atoms with Gasteiger partial charge in [-0.2, -0.15) is 0 Å². The molecule has 0 unspecified atom stereocenters. The van der Waals surface area contributed by atoms with Crippen LogP contribution in [-0.4, -0.2) is 14.2 Å². The second kappa shape index (κ2) is 6.27. The van der Waals surface area contributed by atoms with Gasteiger partial charge in [-0.25, -0.2) is 8.42 Å². The molecular weight excluding hydrogens is 280 g/mol. The Balaban J connectivity index is 2.06. The van der Waals surface area contributed by atoms with Gasteiger partial charge in [0.2, 0.25) is 0 Å². The number of sulfone groups is 1. The third-order valence-electron chi connectivity index (χ3n) is 3.51. The zero-order valence-electron chi connectivity index (χ0n) is 12.5. The first-order chi connectivity index (χ1) is 9.88. The summed E-state index contributed by atoms with van der Waals surface area (Å²) < 4.78 is 24.6. The van der Waals surface area contributed by atoms with E-state index >= 15 is 0 Å². The predicted molar refractivity (Wildman–Crippen MR) is 88.1 cm³/mol. The van der Waals surface area contributed by atoms with Crippen LogP contribution in [0.3, 0.4) is 0 Å². The quantitative estimate of drug-likeness (QED) is 0.830. The summed E-state index contributed by atoms with van der Waals surface area (Å²) in [5.41, 5.74) is 4.09. The predicted octanol–water partition coefficient (Wildman–Crippen LogP) is 4.18. The molecule has 21 heavy (non-hydrogen) atoms. The lowest BCUT2D eigenvalue weighted by molar-refractivity contribution is 0.596. The monoisotopic (exact) mass is 300 g/mol. The zero-order chi connectivity index (χ0) is 15.5. The molecule has 0 heterocycles. The maximum Gasteiger partial charge on any atom is 0.178 e. The molecule has 0 radical (unpaired) electrons. The molecule has 2 aromatic rings. The molecule has 0 N–H and O–H groups in total. The highest BCUT2D eigenvalue weighted by Gasteiger charge is 2.14. The molecule has 3 heteroatoms. The Bertz CT molecular complexity index is 724. The molecule has 2 aromatic carbocycles. The molecule has 0 amide bonds. The molecule has 0 spiro atoms. The van der Waals surface area contributed by atoms with Crippen molar-refractivity contribution >= 4 is 15.4 Å². The van der Waals surface area contributed by atoms with E-state index in [-0.39, 0.29) is 5.75 Å². The number of benzene rings is 2. The highest BCUT2D eigenvalue weighted by molar-refractivity contribution is 7.91. The Hall–Kier alpha value is -1.87. The molecule has 2 nitrogen and oxygen atoms in total. The summed E-state index contributed by atoms with van der Waals surface area (Å²) in [6.45, 7) is 7.96. The molecule has 0 bridgehead atoms. The number of aryl methyl sites for hydroxylation is 2. The van der Waals surface area contributed by atoms with Crippen LogP contribution in [0.5, 0.6) is 0 Å². The highest BCUT2D eigenvalue weighted by atomic mass is 32.2. The minimum absolute atomic E-state index is 0.0861. The molecule has 110 valence electrons. The van der Waals surface area contributed by atoms with E-state index in [0.29, 0.717) is 11.3 Å². The summed E-state index contributed by atoms with van der Waals surface area (Å²) in [4.78, 5) is 0.379. The fourth-order valence-electron chi connectivity index (χ4n) is 2.05. The van der Waals surface area contributed by atoms with Crippen molar-refractivity contribution < 1.29 is 8.42 Å². The first-order valence-electron chi connectivity index (χ1n) is 6.93. The van der Waals surface area contributed by atoms with Crippen molar-refractivity contribution in [1.29, 1.82) is 0 Å². The molecule has 0 fully saturated rings. The van der Waals surface area contributed by atoms with Gasteiger partial charge in [-0.15, -0.1) is 0 Å². The van der Waals surface area contributed by atoms with Crippen LogP contribution in [0, 0.1) is 13.8 Å². The van der Waals surface area contributed by atoms with Gasteiger partial charge in [0.05, 0.1) is 10.6 Å². The Kier molecular flexibility index (Phi) is 4.63. The summed E-state index contributed by atoms with van der Waals surface area (Å²) in [7, 11) is -3.25. The van der Waals surface area contributed by atoms with Crippen molar-refractivity contribution in [2.75, 3.05) is 5.75 Å². The highest BCUT2D eigenvalue weighted by Crippen LogP contribution is 2.20. The topological polar surface area (TPSA) is 34.1 Å². The smallest absolute Gasteiger partial charge is 0.178 e. The third-order valence-corrected chi connectivity index (χ3v) is 5.24. The van der Waals surface area contributed by atoms with Gasteiger partial charge in [0.25, 0.3) is 0 Å². The molecule has 2 rings (SSSR count). The number of hydrogen-bond acceptors (Lipinski definition) is 2. The van der Waals surface area contributed by atoms with Crippen molar-refractivity contribution in [3.8, 4) is 0 Å². The summed E-state index contributed by atoms with van der Waals surface area (Å²) in [5, 5.41) is 0. The van der Waals surface area contributed by atoms with Crippen LogP contribution in [-0.2, 0) is 9.84 Å². The Morgan fingerprint density at radius 3 is 1.90 bits per heavy atom. The first-order valence-corrected chi connectivity index (χ1v) is 8.58. The molecular formula is C18H20O2S. The largest absolute Gasteiger partial charge is 0.224 e. The van der Waals surface area contributed by atoms with Crippen molar-refractivity contribution in [1.82, 2.24) is 0 Å². The van der Waals surface area contributed by atoms with Gasteiger partial charge in [0, 0.05) is 0 Å². The van der Waals surface area contributed by atoms with Crippen molar-refractivity contribution in [2.24, 2.45) is 0 Å². The molecule has 0 aromatic heterocycles. The molecule has 0 saturated carbocycles. The minimum atomic E-state index is -3.25. The van der Waals surface area contributed by atoms with E-state index in [4.69, 9.17) is 0 Å². The molecule has 0 saturated heterocycles. The molecule has 0 aliphatic rings. The summed E-state index contributed by atoms with van der Waals surface area (Å²) in [5.74, 6) is 0.0861. The van der Waals surface area contributed by atoms with Crippen LogP contribution in [0.15, 0.2) is 60.0 Å². The lowest BCUT2D eigenvalue weighted by atomic mass is 10.0. The van der Waals surface area contributed by atoms with E-state index < -0.39 is 9.84 Å². The standard InChI is InChI=1S/C18H20O2S/c1-14-4-8-17(9-5-14)16(3)12-13-21(19,20)18-10-6-15(2)7-11-18/h4-11H,3,12-13H2,1-2H3. The van der Waals surface area contributed by atoms with Gasteiger partial charge in [0.1, 0.15) is 0 Å². The van der Waals surface area contributed by atoms with Crippen molar-refractivity contribution in [2.45, 2.75) is 25.2 Å². The van der Waals surface area contributed by atoms with Crippen LogP contribution >= 0.6 is 0 Å². The lowest BCUT2D eigenvalue weighted by Gasteiger charge is -2.08. The first kappa shape index (κ1) is 15.5. The number of allylic oxidation sites excluding steroid dienone is 1. The summed E-state index contributed by atoms with van der Waals surface area (Å²) >= 11 is 0. The van der Waals surface area contributed by atoms with Gasteiger partial charge >= 0.3 is 0 Å². The van der Waals surface area contributed by atoms with E-state index in [0.717, 1.165) is 16.7 Å². The van der Waals surface area contributed by atoms with Gasteiger partial charge in [0.15, 0.2) is 9.84 Å². The average molecular weight is 300 g/mol. The SMILES string of the molecule is C=C(CCS(=O)(=O)c1ccc(C)cc1)c1ccc(C)cc1. The van der Waals surface area contributed by atoms with E-state index in [1.54, 1.807) is 12.1 Å². The van der Waals surface area contributed by atoms with Gasteiger partial charge < -0.3 is 0 Å². The second-order valence-corrected chi connectivity index (χ2v) is 7.46. The van der Waals surface area contributed by atoms with Crippen LogP contribution in [0.25, 0.3) is 5.57 Å². The molecule has 0 atom stereocenters. The summed E-state index contributed by atoms with van der Waals surface area (Å²) in [6.07, 6.45) is 0.444. The fraction of sp³-hybridized carbons (Fsp3) is 0.222. The van der Waals surface area contributed by atoms with E-state index in [2.05, 4.69) is 6.58 Å². The van der Waals surface area contributed by atoms with Gasteiger partial charge in [-0.1, -0.05) is 54.1 Å². The second-order valence-electron chi connectivity index (χ2n) is 5.35. The van der Waals surface area contributed by atoms with E-state index in [9.17, 15) is 8.42 Å². The van der Waals surface area contributed by atoms with E-state index in [1.165, 1.54) is 5.56 Å². The van der Waals surface area contributed by atoms with E-state index in [1.807, 2.05) is 50.2 Å². The third kappa shape index (κ3) is 4.05.